The first kappa shape index (κ1) is 20.3. The first-order valence-electron chi connectivity index (χ1n) is 10.8. The minimum absolute atomic E-state index is 0.0305. The predicted octanol–water partition coefficient (Wildman–Crippen LogP) is 6.35. The molecule has 0 unspecified atom stereocenters. The second-order valence-electron chi connectivity index (χ2n) is 8.09. The van der Waals surface area contributed by atoms with Crippen molar-refractivity contribution < 1.29 is 13.9 Å². The van der Waals surface area contributed by atoms with Crippen LogP contribution in [-0.4, -0.2) is 19.1 Å². The van der Waals surface area contributed by atoms with E-state index in [2.05, 4.69) is 23.5 Å². The first-order chi connectivity index (χ1) is 14.7. The van der Waals surface area contributed by atoms with Crippen LogP contribution in [0, 0.1) is 0 Å². The molecule has 1 fully saturated rings. The summed E-state index contributed by atoms with van der Waals surface area (Å²) >= 11 is 0. The number of fused-ring (bicyclic) bond motifs is 1. The maximum Gasteiger partial charge on any atom is 0.244 e. The summed E-state index contributed by atoms with van der Waals surface area (Å²) in [5.74, 6) is 0.671. The molecule has 1 saturated carbocycles. The van der Waals surface area contributed by atoms with Gasteiger partial charge in [-0.3, -0.25) is 4.79 Å². The molecule has 1 aliphatic rings. The smallest absolute Gasteiger partial charge is 0.244 e. The van der Waals surface area contributed by atoms with Crippen LogP contribution in [0.4, 0.5) is 0 Å². The Hall–Kier alpha value is -3.01. The average molecular weight is 404 g/mol. The molecule has 4 heteroatoms. The highest BCUT2D eigenvalue weighted by molar-refractivity contribution is 6.00. The van der Waals surface area contributed by atoms with Crippen LogP contribution in [0.15, 0.2) is 59.2 Å². The van der Waals surface area contributed by atoms with E-state index in [0.29, 0.717) is 5.75 Å². The molecule has 2 aromatic carbocycles. The van der Waals surface area contributed by atoms with Crippen LogP contribution in [0.2, 0.25) is 0 Å². The summed E-state index contributed by atoms with van der Waals surface area (Å²) in [6.45, 7) is 1.96. The fourth-order valence-corrected chi connectivity index (χ4v) is 4.31. The van der Waals surface area contributed by atoms with Crippen LogP contribution in [0.5, 0.6) is 5.75 Å². The third-order valence-electron chi connectivity index (χ3n) is 5.95. The summed E-state index contributed by atoms with van der Waals surface area (Å²) in [6.07, 6.45) is 10.5. The number of carbonyl (C=O) groups excluding carboxylic acids is 1. The van der Waals surface area contributed by atoms with Crippen molar-refractivity contribution in [2.75, 3.05) is 7.11 Å². The topological polar surface area (TPSA) is 51.5 Å². The molecule has 0 radical (unpaired) electrons. The fraction of sp³-hybridized carbons (Fsp3) is 0.346. The van der Waals surface area contributed by atoms with Gasteiger partial charge in [0.2, 0.25) is 5.91 Å². The summed E-state index contributed by atoms with van der Waals surface area (Å²) in [5.41, 5.74) is 4.68. The van der Waals surface area contributed by atoms with Crippen LogP contribution in [0.3, 0.4) is 0 Å². The maximum absolute atomic E-state index is 12.7. The molecule has 4 nitrogen and oxygen atoms in total. The lowest BCUT2D eigenvalue weighted by molar-refractivity contribution is -0.117. The molecule has 0 aliphatic heterocycles. The standard InChI is InChI=1S/C26H29NO3/c1-18(14-26(28)27-20-12-8-3-4-9-13-20)21-15-22-23(19-10-6-5-7-11-19)17-30-25(22)16-24(21)29-2/h5-7,10-11,14-17,20H,3-4,8-9,12-13H2,1-2H3,(H,27,28)/b18-14+. The van der Waals surface area contributed by atoms with E-state index in [9.17, 15) is 4.79 Å². The van der Waals surface area contributed by atoms with Crippen molar-refractivity contribution in [1.29, 1.82) is 0 Å². The summed E-state index contributed by atoms with van der Waals surface area (Å²) in [5, 5.41) is 4.20. The molecule has 1 aromatic heterocycles. The molecular weight excluding hydrogens is 374 g/mol. The van der Waals surface area contributed by atoms with Gasteiger partial charge >= 0.3 is 0 Å². The molecule has 1 aliphatic carbocycles. The Balaban J connectivity index is 1.64. The highest BCUT2D eigenvalue weighted by Crippen LogP contribution is 2.37. The van der Waals surface area contributed by atoms with Gasteiger partial charge in [0, 0.05) is 34.7 Å². The molecule has 0 saturated heterocycles. The number of hydrogen-bond acceptors (Lipinski definition) is 3. The van der Waals surface area contributed by atoms with Gasteiger partial charge in [0.25, 0.3) is 0 Å². The number of ether oxygens (including phenoxy) is 1. The molecular formula is C26H29NO3. The summed E-state index contributed by atoms with van der Waals surface area (Å²) in [7, 11) is 1.64. The van der Waals surface area contributed by atoms with E-state index in [1.807, 2.05) is 31.2 Å². The second kappa shape index (κ2) is 9.21. The van der Waals surface area contributed by atoms with E-state index in [1.165, 1.54) is 25.7 Å². The first-order valence-corrected chi connectivity index (χ1v) is 10.8. The van der Waals surface area contributed by atoms with Crippen LogP contribution in [-0.2, 0) is 4.79 Å². The second-order valence-corrected chi connectivity index (χ2v) is 8.09. The summed E-state index contributed by atoms with van der Waals surface area (Å²) in [6, 6.07) is 14.4. The minimum atomic E-state index is -0.0305. The Kier molecular flexibility index (Phi) is 6.22. The van der Waals surface area contributed by atoms with Crippen LogP contribution < -0.4 is 10.1 Å². The van der Waals surface area contributed by atoms with Gasteiger partial charge in [-0.1, -0.05) is 56.0 Å². The third-order valence-corrected chi connectivity index (χ3v) is 5.95. The molecule has 0 bridgehead atoms. The van der Waals surface area contributed by atoms with Gasteiger partial charge in [-0.2, -0.15) is 0 Å². The number of allylic oxidation sites excluding steroid dienone is 1. The number of nitrogens with one attached hydrogen (secondary N) is 1. The van der Waals surface area contributed by atoms with Gasteiger partial charge in [-0.15, -0.1) is 0 Å². The number of furan rings is 1. The van der Waals surface area contributed by atoms with E-state index in [4.69, 9.17) is 9.15 Å². The SMILES string of the molecule is COc1cc2occ(-c3ccccc3)c2cc1/C(C)=C/C(=O)NC1CCCCCC1. The van der Waals surface area contributed by atoms with Gasteiger partial charge in [0.15, 0.2) is 0 Å². The van der Waals surface area contributed by atoms with Crippen molar-refractivity contribution in [2.24, 2.45) is 0 Å². The van der Waals surface area contributed by atoms with Gasteiger partial charge in [0.05, 0.1) is 13.4 Å². The van der Waals surface area contributed by atoms with Crippen LogP contribution in [0.1, 0.15) is 51.0 Å². The van der Waals surface area contributed by atoms with Crippen molar-refractivity contribution >= 4 is 22.4 Å². The predicted molar refractivity (Wildman–Crippen MR) is 121 cm³/mol. The molecule has 4 rings (SSSR count). The number of carbonyl (C=O) groups is 1. The van der Waals surface area contributed by atoms with Crippen molar-refractivity contribution in [3.05, 3.63) is 60.4 Å². The Morgan fingerprint density at radius 2 is 1.83 bits per heavy atom. The zero-order valence-electron chi connectivity index (χ0n) is 17.7. The number of rotatable bonds is 5. The Labute approximate surface area is 177 Å². The van der Waals surface area contributed by atoms with Crippen molar-refractivity contribution in [2.45, 2.75) is 51.5 Å². The number of amides is 1. The highest BCUT2D eigenvalue weighted by atomic mass is 16.5. The normalized spacial score (nSPS) is 15.7. The number of hydrogen-bond donors (Lipinski definition) is 1. The zero-order chi connectivity index (χ0) is 20.9. The summed E-state index contributed by atoms with van der Waals surface area (Å²) < 4.78 is 11.4. The lowest BCUT2D eigenvalue weighted by atomic mass is 9.99. The Morgan fingerprint density at radius 1 is 1.10 bits per heavy atom. The van der Waals surface area contributed by atoms with E-state index in [-0.39, 0.29) is 11.9 Å². The molecule has 1 amide bonds. The van der Waals surface area contributed by atoms with Gasteiger partial charge in [0.1, 0.15) is 11.3 Å². The molecule has 1 N–H and O–H groups in total. The molecule has 156 valence electrons. The van der Waals surface area contributed by atoms with Gasteiger partial charge in [-0.25, -0.2) is 0 Å². The number of methoxy groups -OCH3 is 1. The maximum atomic E-state index is 12.7. The van der Waals surface area contributed by atoms with Crippen LogP contribution in [0.25, 0.3) is 27.7 Å². The molecule has 0 spiro atoms. The highest BCUT2D eigenvalue weighted by Gasteiger charge is 2.16. The molecule has 1 heterocycles. The average Bonchev–Trinajstić information content (AvgIpc) is 3.01. The Morgan fingerprint density at radius 3 is 2.53 bits per heavy atom. The molecule has 30 heavy (non-hydrogen) atoms. The lowest BCUT2D eigenvalue weighted by Crippen LogP contribution is -2.33. The lowest BCUT2D eigenvalue weighted by Gasteiger charge is -2.15. The van der Waals surface area contributed by atoms with Crippen molar-refractivity contribution in [1.82, 2.24) is 5.32 Å². The molecule has 3 aromatic rings. The minimum Gasteiger partial charge on any atom is -0.496 e. The van der Waals surface area contributed by atoms with Gasteiger partial charge < -0.3 is 14.5 Å². The monoisotopic (exact) mass is 403 g/mol. The van der Waals surface area contributed by atoms with Gasteiger partial charge in [-0.05, 0) is 37.0 Å². The van der Waals surface area contributed by atoms with E-state index in [1.54, 1.807) is 19.4 Å². The Bertz CT molecular complexity index is 1040. The third kappa shape index (κ3) is 4.43. The van der Waals surface area contributed by atoms with E-state index in [0.717, 1.165) is 46.1 Å². The zero-order valence-corrected chi connectivity index (χ0v) is 17.7. The number of benzene rings is 2. The largest absolute Gasteiger partial charge is 0.496 e. The van der Waals surface area contributed by atoms with Crippen LogP contribution >= 0.6 is 0 Å². The molecule has 0 atom stereocenters. The van der Waals surface area contributed by atoms with Crippen molar-refractivity contribution in [3.8, 4) is 16.9 Å². The quantitative estimate of drug-likeness (QED) is 0.399. The van der Waals surface area contributed by atoms with E-state index < -0.39 is 0 Å². The fourth-order valence-electron chi connectivity index (χ4n) is 4.31. The summed E-state index contributed by atoms with van der Waals surface area (Å²) in [4.78, 5) is 12.7. The van der Waals surface area contributed by atoms with E-state index >= 15 is 0 Å². The van der Waals surface area contributed by atoms with Crippen molar-refractivity contribution in [3.63, 3.8) is 0 Å².